The molecule has 2 rings (SSSR count). The predicted octanol–water partition coefficient (Wildman–Crippen LogP) is 4.50. The van der Waals surface area contributed by atoms with Gasteiger partial charge in [-0.25, -0.2) is 0 Å². The van der Waals surface area contributed by atoms with Gasteiger partial charge < -0.3 is 4.74 Å². The van der Waals surface area contributed by atoms with Gasteiger partial charge in [-0.15, -0.1) is 0 Å². The van der Waals surface area contributed by atoms with Crippen LogP contribution in [-0.2, 0) is 16.0 Å². The molecule has 2 nitrogen and oxygen atoms in total. The summed E-state index contributed by atoms with van der Waals surface area (Å²) in [5.41, 5.74) is 0.905. The summed E-state index contributed by atoms with van der Waals surface area (Å²) in [6, 6.07) is 14.7. The van der Waals surface area contributed by atoms with Crippen LogP contribution in [0, 0.1) is 0 Å². The molecule has 2 aromatic carbocycles. The van der Waals surface area contributed by atoms with E-state index in [-0.39, 0.29) is 5.97 Å². The third-order valence-electron chi connectivity index (χ3n) is 3.13. The fourth-order valence-corrected chi connectivity index (χ4v) is 2.33. The van der Waals surface area contributed by atoms with Gasteiger partial charge in [0, 0.05) is 6.42 Å². The Morgan fingerprint density at radius 1 is 1.05 bits per heavy atom. The van der Waals surface area contributed by atoms with Crippen molar-refractivity contribution in [2.45, 2.75) is 45.6 Å². The summed E-state index contributed by atoms with van der Waals surface area (Å²) in [5.74, 6) is -0.113. The summed E-state index contributed by atoms with van der Waals surface area (Å²) in [6.45, 7) is 5.70. The zero-order valence-electron chi connectivity index (χ0n) is 12.5. The minimum atomic E-state index is -0.392. The molecule has 0 aliphatic rings. The SMILES string of the molecule is CC(C)(C)OC(=O)CCCc1cccc2ccccc12. The first kappa shape index (κ1) is 14.6. The summed E-state index contributed by atoms with van der Waals surface area (Å²) < 4.78 is 5.32. The molecular formula is C18H22O2. The second-order valence-electron chi connectivity index (χ2n) is 6.08. The third kappa shape index (κ3) is 4.09. The summed E-state index contributed by atoms with van der Waals surface area (Å²) >= 11 is 0. The molecule has 0 radical (unpaired) electrons. The molecule has 20 heavy (non-hydrogen) atoms. The second-order valence-corrected chi connectivity index (χ2v) is 6.08. The number of hydrogen-bond donors (Lipinski definition) is 0. The number of carbonyl (C=O) groups is 1. The van der Waals surface area contributed by atoms with Gasteiger partial charge in [0.25, 0.3) is 0 Å². The monoisotopic (exact) mass is 270 g/mol. The fourth-order valence-electron chi connectivity index (χ4n) is 2.33. The Kier molecular flexibility index (Phi) is 4.43. The Hall–Kier alpha value is -1.83. The van der Waals surface area contributed by atoms with Crippen molar-refractivity contribution in [1.29, 1.82) is 0 Å². The lowest BCUT2D eigenvalue weighted by atomic mass is 10.0. The number of fused-ring (bicyclic) bond motifs is 1. The molecule has 2 heteroatoms. The highest BCUT2D eigenvalue weighted by atomic mass is 16.6. The van der Waals surface area contributed by atoms with Gasteiger partial charge in [0.05, 0.1) is 0 Å². The van der Waals surface area contributed by atoms with Crippen LogP contribution >= 0.6 is 0 Å². The Morgan fingerprint density at radius 3 is 2.50 bits per heavy atom. The van der Waals surface area contributed by atoms with Crippen molar-refractivity contribution >= 4 is 16.7 Å². The summed E-state index contributed by atoms with van der Waals surface area (Å²) in [5, 5.41) is 2.53. The van der Waals surface area contributed by atoms with Gasteiger partial charge in [-0.05, 0) is 49.9 Å². The first-order chi connectivity index (χ1) is 9.46. The van der Waals surface area contributed by atoms with Crippen LogP contribution in [0.25, 0.3) is 10.8 Å². The van der Waals surface area contributed by atoms with Gasteiger partial charge in [0.2, 0.25) is 0 Å². The lowest BCUT2D eigenvalue weighted by molar-refractivity contribution is -0.154. The molecule has 0 spiro atoms. The number of esters is 1. The van der Waals surface area contributed by atoms with Crippen LogP contribution in [0.2, 0.25) is 0 Å². The highest BCUT2D eigenvalue weighted by Gasteiger charge is 2.15. The van der Waals surface area contributed by atoms with E-state index in [0.717, 1.165) is 12.8 Å². The number of hydrogen-bond acceptors (Lipinski definition) is 2. The van der Waals surface area contributed by atoms with Crippen molar-refractivity contribution in [2.75, 3.05) is 0 Å². The second kappa shape index (κ2) is 6.08. The molecule has 0 aromatic heterocycles. The predicted molar refractivity (Wildman–Crippen MR) is 82.7 cm³/mol. The molecule has 0 bridgehead atoms. The molecule has 0 fully saturated rings. The van der Waals surface area contributed by atoms with E-state index in [1.807, 2.05) is 26.8 Å². The average molecular weight is 270 g/mol. The Bertz CT molecular complexity index is 588. The molecule has 0 unspecified atom stereocenters. The zero-order valence-corrected chi connectivity index (χ0v) is 12.5. The minimum absolute atomic E-state index is 0.113. The molecule has 0 heterocycles. The highest BCUT2D eigenvalue weighted by Crippen LogP contribution is 2.20. The van der Waals surface area contributed by atoms with E-state index < -0.39 is 5.60 Å². The average Bonchev–Trinajstić information content (AvgIpc) is 2.37. The van der Waals surface area contributed by atoms with E-state index in [4.69, 9.17) is 4.74 Å². The van der Waals surface area contributed by atoms with Crippen molar-refractivity contribution in [3.05, 3.63) is 48.0 Å². The quantitative estimate of drug-likeness (QED) is 0.764. The molecule has 0 amide bonds. The minimum Gasteiger partial charge on any atom is -0.460 e. The molecule has 0 N–H and O–H groups in total. The van der Waals surface area contributed by atoms with E-state index >= 15 is 0 Å². The van der Waals surface area contributed by atoms with E-state index in [1.165, 1.54) is 16.3 Å². The lowest BCUT2D eigenvalue weighted by Gasteiger charge is -2.19. The van der Waals surface area contributed by atoms with Crippen LogP contribution in [0.5, 0.6) is 0 Å². The maximum atomic E-state index is 11.7. The first-order valence-electron chi connectivity index (χ1n) is 7.14. The maximum Gasteiger partial charge on any atom is 0.306 e. The normalized spacial score (nSPS) is 11.6. The standard InChI is InChI=1S/C18H22O2/c1-18(2,3)20-17(19)13-7-11-15-10-6-9-14-8-4-5-12-16(14)15/h4-6,8-10,12H,7,11,13H2,1-3H3. The van der Waals surface area contributed by atoms with Crippen molar-refractivity contribution in [3.63, 3.8) is 0 Å². The van der Waals surface area contributed by atoms with Gasteiger partial charge in [-0.1, -0.05) is 42.5 Å². The van der Waals surface area contributed by atoms with E-state index in [2.05, 4.69) is 36.4 Å². The number of benzene rings is 2. The molecule has 106 valence electrons. The number of carbonyl (C=O) groups excluding carboxylic acids is 1. The van der Waals surface area contributed by atoms with Crippen LogP contribution in [0.15, 0.2) is 42.5 Å². The Morgan fingerprint density at radius 2 is 1.75 bits per heavy atom. The smallest absolute Gasteiger partial charge is 0.306 e. The van der Waals surface area contributed by atoms with E-state index in [1.54, 1.807) is 0 Å². The van der Waals surface area contributed by atoms with Gasteiger partial charge in [-0.3, -0.25) is 4.79 Å². The van der Waals surface area contributed by atoms with Crippen LogP contribution in [0.4, 0.5) is 0 Å². The summed E-state index contributed by atoms with van der Waals surface area (Å²) in [7, 11) is 0. The molecule has 0 aliphatic carbocycles. The van der Waals surface area contributed by atoms with Gasteiger partial charge in [0.1, 0.15) is 5.60 Å². The molecule has 2 aromatic rings. The zero-order chi connectivity index (χ0) is 14.6. The number of rotatable bonds is 4. The van der Waals surface area contributed by atoms with Gasteiger partial charge >= 0.3 is 5.97 Å². The Balaban J connectivity index is 1.95. The van der Waals surface area contributed by atoms with Crippen LogP contribution in [0.1, 0.15) is 39.2 Å². The molecule has 0 saturated carbocycles. The molecular weight excluding hydrogens is 248 g/mol. The van der Waals surface area contributed by atoms with E-state index in [9.17, 15) is 4.79 Å². The summed E-state index contributed by atoms with van der Waals surface area (Å²) in [6.07, 6.45) is 2.20. The fraction of sp³-hybridized carbons (Fsp3) is 0.389. The van der Waals surface area contributed by atoms with Gasteiger partial charge in [-0.2, -0.15) is 0 Å². The van der Waals surface area contributed by atoms with Crippen LogP contribution < -0.4 is 0 Å². The lowest BCUT2D eigenvalue weighted by Crippen LogP contribution is -2.23. The first-order valence-corrected chi connectivity index (χ1v) is 7.14. The van der Waals surface area contributed by atoms with Crippen LogP contribution in [0.3, 0.4) is 0 Å². The molecule has 0 aliphatic heterocycles. The largest absolute Gasteiger partial charge is 0.460 e. The van der Waals surface area contributed by atoms with Crippen molar-refractivity contribution in [2.24, 2.45) is 0 Å². The van der Waals surface area contributed by atoms with Crippen LogP contribution in [-0.4, -0.2) is 11.6 Å². The number of ether oxygens (including phenoxy) is 1. The molecule has 0 saturated heterocycles. The van der Waals surface area contributed by atoms with E-state index in [0.29, 0.717) is 6.42 Å². The maximum absolute atomic E-state index is 11.7. The third-order valence-corrected chi connectivity index (χ3v) is 3.13. The molecule has 0 atom stereocenters. The van der Waals surface area contributed by atoms with Crippen molar-refractivity contribution < 1.29 is 9.53 Å². The van der Waals surface area contributed by atoms with Crippen molar-refractivity contribution in [1.82, 2.24) is 0 Å². The Labute approximate surface area is 120 Å². The topological polar surface area (TPSA) is 26.3 Å². The highest BCUT2D eigenvalue weighted by molar-refractivity contribution is 5.85. The number of aryl methyl sites for hydroxylation is 1. The van der Waals surface area contributed by atoms with Crippen molar-refractivity contribution in [3.8, 4) is 0 Å². The summed E-state index contributed by atoms with van der Waals surface area (Å²) in [4.78, 5) is 11.7. The van der Waals surface area contributed by atoms with Gasteiger partial charge in [0.15, 0.2) is 0 Å².